The summed E-state index contributed by atoms with van der Waals surface area (Å²) in [6, 6.07) is 3.05. The summed E-state index contributed by atoms with van der Waals surface area (Å²) in [5, 5.41) is 3.82. The van der Waals surface area contributed by atoms with Crippen molar-refractivity contribution in [2.45, 2.75) is 17.8 Å². The number of nitrogens with one attached hydrogen (secondary N) is 1. The maximum absolute atomic E-state index is 13.2. The van der Waals surface area contributed by atoms with Crippen LogP contribution in [0.4, 0.5) is 24.0 Å². The molecule has 1 aromatic heterocycles. The Hall–Kier alpha value is -2.37. The van der Waals surface area contributed by atoms with Crippen LogP contribution in [0.3, 0.4) is 0 Å². The number of nitrogens with zero attached hydrogens (tertiary/aromatic N) is 3. The van der Waals surface area contributed by atoms with Crippen LogP contribution in [0, 0.1) is 0 Å². The molecule has 0 spiro atoms. The zero-order valence-electron chi connectivity index (χ0n) is 15.1. The predicted octanol–water partition coefficient (Wildman–Crippen LogP) is 4.96. The number of carbonyl (C=O) groups excluding carboxylic acids is 2. The second-order valence-corrected chi connectivity index (χ2v) is 8.47. The number of rotatable bonds is 6. The molecule has 1 unspecified atom stereocenters. The molecular weight excluding hydrogens is 461 g/mol. The molecular formula is C18H14ClF3N4O2S2. The molecule has 1 N–H and O–H groups in total. The first-order valence-electron chi connectivity index (χ1n) is 8.42. The third-order valence-corrected chi connectivity index (χ3v) is 5.95. The minimum absolute atomic E-state index is 0.107. The maximum Gasteiger partial charge on any atom is 0.418 e. The highest BCUT2D eigenvalue weighted by molar-refractivity contribution is 8.15. The fourth-order valence-corrected chi connectivity index (χ4v) is 4.49. The highest BCUT2D eigenvalue weighted by atomic mass is 35.5. The van der Waals surface area contributed by atoms with Crippen molar-refractivity contribution in [3.8, 4) is 0 Å². The fourth-order valence-electron chi connectivity index (χ4n) is 2.60. The molecule has 3 rings (SSSR count). The minimum atomic E-state index is -4.69. The number of amidine groups is 1. The topological polar surface area (TPSA) is 74.7 Å². The van der Waals surface area contributed by atoms with Crippen LogP contribution < -0.4 is 5.32 Å². The number of carbonyl (C=O) groups is 2. The van der Waals surface area contributed by atoms with Crippen LogP contribution in [-0.4, -0.2) is 38.7 Å². The number of aromatic nitrogens is 1. The molecule has 1 aliphatic rings. The van der Waals surface area contributed by atoms with Gasteiger partial charge in [-0.15, -0.1) is 17.9 Å². The van der Waals surface area contributed by atoms with Crippen LogP contribution >= 0.6 is 34.7 Å². The number of thioether (sulfide) groups is 1. The van der Waals surface area contributed by atoms with E-state index in [0.717, 1.165) is 23.9 Å². The number of hydrogen-bond acceptors (Lipinski definition) is 6. The second kappa shape index (κ2) is 9.19. The summed E-state index contributed by atoms with van der Waals surface area (Å²) in [7, 11) is 0. The SMILES string of the molecule is C=CCN1C(=O)C(CC(=O)Nc2ccc(Cl)cc2C(F)(F)F)SC1=Nc1nccs1. The first-order valence-corrected chi connectivity index (χ1v) is 10.6. The van der Waals surface area contributed by atoms with Gasteiger partial charge >= 0.3 is 6.18 Å². The first kappa shape index (κ1) is 22.3. The maximum atomic E-state index is 13.2. The van der Waals surface area contributed by atoms with Gasteiger partial charge in [0.05, 0.1) is 11.3 Å². The molecule has 158 valence electrons. The Morgan fingerprint density at radius 2 is 2.20 bits per heavy atom. The van der Waals surface area contributed by atoms with E-state index in [4.69, 9.17) is 11.6 Å². The molecule has 12 heteroatoms. The van der Waals surface area contributed by atoms with E-state index in [1.807, 2.05) is 0 Å². The van der Waals surface area contributed by atoms with Crippen molar-refractivity contribution in [3.63, 3.8) is 0 Å². The molecule has 0 bridgehead atoms. The average molecular weight is 475 g/mol. The Morgan fingerprint density at radius 3 is 2.83 bits per heavy atom. The predicted molar refractivity (Wildman–Crippen MR) is 112 cm³/mol. The lowest BCUT2D eigenvalue weighted by Crippen LogP contribution is -2.33. The molecule has 0 aliphatic carbocycles. The van der Waals surface area contributed by atoms with Crippen molar-refractivity contribution < 1.29 is 22.8 Å². The lowest BCUT2D eigenvalue weighted by atomic mass is 10.1. The summed E-state index contributed by atoms with van der Waals surface area (Å²) in [4.78, 5) is 34.8. The molecule has 1 aliphatic heterocycles. The summed E-state index contributed by atoms with van der Waals surface area (Å²) in [6.07, 6.45) is -1.94. The Bertz CT molecular complexity index is 996. The van der Waals surface area contributed by atoms with Crippen LogP contribution in [0.5, 0.6) is 0 Å². The zero-order chi connectivity index (χ0) is 21.9. The van der Waals surface area contributed by atoms with Crippen LogP contribution in [0.2, 0.25) is 5.02 Å². The van der Waals surface area contributed by atoms with Gasteiger partial charge in [-0.25, -0.2) is 4.98 Å². The number of halogens is 4. The van der Waals surface area contributed by atoms with Crippen LogP contribution in [0.1, 0.15) is 12.0 Å². The summed E-state index contributed by atoms with van der Waals surface area (Å²) in [6.45, 7) is 3.79. The monoisotopic (exact) mass is 474 g/mol. The highest BCUT2D eigenvalue weighted by Gasteiger charge is 2.39. The summed E-state index contributed by atoms with van der Waals surface area (Å²) in [5.41, 5.74) is -1.49. The first-order chi connectivity index (χ1) is 14.2. The quantitative estimate of drug-likeness (QED) is 0.600. The van der Waals surface area contributed by atoms with Crippen molar-refractivity contribution in [2.75, 3.05) is 11.9 Å². The Morgan fingerprint density at radius 1 is 1.43 bits per heavy atom. The van der Waals surface area contributed by atoms with Crippen LogP contribution in [0.15, 0.2) is 47.4 Å². The largest absolute Gasteiger partial charge is 0.418 e. The summed E-state index contributed by atoms with van der Waals surface area (Å²) < 4.78 is 39.6. The highest BCUT2D eigenvalue weighted by Crippen LogP contribution is 2.37. The van der Waals surface area contributed by atoms with Crippen molar-refractivity contribution in [3.05, 3.63) is 53.0 Å². The van der Waals surface area contributed by atoms with E-state index in [1.165, 1.54) is 28.4 Å². The van der Waals surface area contributed by atoms with Crippen LogP contribution in [0.25, 0.3) is 0 Å². The normalized spacial score (nSPS) is 18.1. The molecule has 1 aromatic carbocycles. The van der Waals surface area contributed by atoms with Gasteiger partial charge in [0.15, 0.2) is 5.17 Å². The molecule has 0 radical (unpaired) electrons. The Labute approximate surface area is 182 Å². The smallest absolute Gasteiger partial charge is 0.325 e. The number of amides is 2. The molecule has 6 nitrogen and oxygen atoms in total. The summed E-state index contributed by atoms with van der Waals surface area (Å²) >= 11 is 7.98. The van der Waals surface area contributed by atoms with Gasteiger partial charge < -0.3 is 5.32 Å². The zero-order valence-corrected chi connectivity index (χ0v) is 17.5. The lowest BCUT2D eigenvalue weighted by Gasteiger charge is -2.15. The van der Waals surface area contributed by atoms with Crippen molar-refractivity contribution in [1.82, 2.24) is 9.88 Å². The van der Waals surface area contributed by atoms with E-state index >= 15 is 0 Å². The molecule has 1 saturated heterocycles. The van der Waals surface area contributed by atoms with Crippen LogP contribution in [-0.2, 0) is 15.8 Å². The average Bonchev–Trinajstić information content (AvgIpc) is 3.27. The van der Waals surface area contributed by atoms with Gasteiger partial charge in [0, 0.05) is 29.6 Å². The Kier molecular flexibility index (Phi) is 6.84. The number of benzene rings is 1. The second-order valence-electron chi connectivity index (χ2n) is 5.99. The fraction of sp³-hybridized carbons (Fsp3) is 0.222. The minimum Gasteiger partial charge on any atom is -0.325 e. The number of hydrogen-bond donors (Lipinski definition) is 1. The number of alkyl halides is 3. The van der Waals surface area contributed by atoms with Gasteiger partial charge in [0.1, 0.15) is 5.25 Å². The summed E-state index contributed by atoms with van der Waals surface area (Å²) in [5.74, 6) is -1.11. The number of thiazole rings is 1. The molecule has 0 saturated carbocycles. The standard InChI is InChI=1S/C18H14ClF3N4O2S2/c1-2-6-26-15(28)13(30-17(26)25-16-23-5-7-29-16)9-14(27)24-12-4-3-10(19)8-11(12)18(20,21)22/h2-5,7-8,13H,1,6,9H2,(H,24,27). The van der Waals surface area contributed by atoms with E-state index in [1.54, 1.807) is 11.6 Å². The van der Waals surface area contributed by atoms with E-state index in [0.29, 0.717) is 10.3 Å². The molecule has 2 amide bonds. The van der Waals surface area contributed by atoms with E-state index < -0.39 is 28.6 Å². The van der Waals surface area contributed by atoms with Gasteiger partial charge in [-0.2, -0.15) is 18.2 Å². The number of aliphatic imine (C=N–C) groups is 1. The van der Waals surface area contributed by atoms with E-state index in [2.05, 4.69) is 21.9 Å². The van der Waals surface area contributed by atoms with Gasteiger partial charge in [0.25, 0.3) is 0 Å². The van der Waals surface area contributed by atoms with E-state index in [-0.39, 0.29) is 23.9 Å². The van der Waals surface area contributed by atoms with Crippen molar-refractivity contribution >= 4 is 62.5 Å². The third-order valence-electron chi connectivity index (χ3n) is 3.87. The lowest BCUT2D eigenvalue weighted by molar-refractivity contribution is -0.137. The van der Waals surface area contributed by atoms with Gasteiger partial charge in [-0.3, -0.25) is 14.5 Å². The van der Waals surface area contributed by atoms with Gasteiger partial charge in [-0.1, -0.05) is 29.4 Å². The van der Waals surface area contributed by atoms with Gasteiger partial charge in [-0.05, 0) is 18.2 Å². The van der Waals surface area contributed by atoms with E-state index in [9.17, 15) is 22.8 Å². The van der Waals surface area contributed by atoms with Gasteiger partial charge in [0.2, 0.25) is 16.9 Å². The number of anilines is 1. The molecule has 2 aromatic rings. The van der Waals surface area contributed by atoms with Crippen molar-refractivity contribution in [2.24, 2.45) is 4.99 Å². The molecule has 30 heavy (non-hydrogen) atoms. The molecule has 1 atom stereocenters. The van der Waals surface area contributed by atoms with Crippen molar-refractivity contribution in [1.29, 1.82) is 0 Å². The molecule has 1 fully saturated rings. The third kappa shape index (κ3) is 5.21. The molecule has 2 heterocycles. The Balaban J connectivity index is 1.76.